The van der Waals surface area contributed by atoms with E-state index < -0.39 is 17.3 Å². The molecule has 2 fully saturated rings. The third-order valence-corrected chi connectivity index (χ3v) is 6.00. The van der Waals surface area contributed by atoms with E-state index in [0.717, 1.165) is 49.9 Å². The van der Waals surface area contributed by atoms with Gasteiger partial charge in [0.2, 0.25) is 0 Å². The Kier molecular flexibility index (Phi) is 5.15. The Morgan fingerprint density at radius 3 is 2.48 bits per heavy atom. The zero-order chi connectivity index (χ0) is 20.6. The summed E-state index contributed by atoms with van der Waals surface area (Å²) in [6.07, 6.45) is -1.01. The fraction of sp³-hybridized carbons (Fsp3) is 0.435. The van der Waals surface area contributed by atoms with Gasteiger partial charge in [-0.2, -0.15) is 13.2 Å². The van der Waals surface area contributed by atoms with Crippen LogP contribution < -0.4 is 5.32 Å². The molecular weight excluding hydrogens is 377 g/mol. The predicted octanol–water partition coefficient (Wildman–Crippen LogP) is 4.93. The molecule has 1 saturated carbocycles. The van der Waals surface area contributed by atoms with Gasteiger partial charge in [0, 0.05) is 12.1 Å². The number of carbonyl (C=O) groups excluding carboxylic acids is 1. The largest absolute Gasteiger partial charge is 0.416 e. The molecular formula is C23H25F3N2O. The van der Waals surface area contributed by atoms with E-state index >= 15 is 0 Å². The van der Waals surface area contributed by atoms with Crippen LogP contribution in [0.15, 0.2) is 48.5 Å². The van der Waals surface area contributed by atoms with Crippen LogP contribution >= 0.6 is 0 Å². The fourth-order valence-corrected chi connectivity index (χ4v) is 4.40. The van der Waals surface area contributed by atoms with Gasteiger partial charge in [-0.05, 0) is 74.5 Å². The van der Waals surface area contributed by atoms with Crippen molar-refractivity contribution in [2.45, 2.75) is 43.3 Å². The highest BCUT2D eigenvalue weighted by Gasteiger charge is 2.39. The van der Waals surface area contributed by atoms with Crippen molar-refractivity contribution in [3.63, 3.8) is 0 Å². The lowest BCUT2D eigenvalue weighted by Crippen LogP contribution is -2.55. The van der Waals surface area contributed by atoms with Gasteiger partial charge in [-0.1, -0.05) is 30.3 Å². The van der Waals surface area contributed by atoms with Crippen molar-refractivity contribution in [2.24, 2.45) is 0 Å². The van der Waals surface area contributed by atoms with Crippen LogP contribution in [0, 0.1) is 0 Å². The Hall–Kier alpha value is -2.34. The minimum atomic E-state index is -4.41. The van der Waals surface area contributed by atoms with E-state index in [1.165, 1.54) is 6.07 Å². The average molecular weight is 402 g/mol. The summed E-state index contributed by atoms with van der Waals surface area (Å²) in [7, 11) is 2.02. The van der Waals surface area contributed by atoms with Crippen molar-refractivity contribution in [2.75, 3.05) is 20.1 Å². The van der Waals surface area contributed by atoms with Gasteiger partial charge in [-0.15, -0.1) is 0 Å². The first kappa shape index (κ1) is 20.0. The first-order valence-electron chi connectivity index (χ1n) is 10.1. The first-order chi connectivity index (χ1) is 13.8. The number of benzene rings is 2. The lowest BCUT2D eigenvalue weighted by Gasteiger charge is -2.42. The molecule has 1 unspecified atom stereocenters. The summed E-state index contributed by atoms with van der Waals surface area (Å²) in [6, 6.07) is 13.4. The monoisotopic (exact) mass is 402 g/mol. The zero-order valence-corrected chi connectivity index (χ0v) is 16.4. The van der Waals surface area contributed by atoms with Gasteiger partial charge in [0.05, 0.1) is 11.1 Å². The molecule has 4 rings (SSSR count). The molecule has 1 atom stereocenters. The number of likely N-dealkylation sites (N-methyl/N-ethyl adjacent to an activating group) is 1. The number of halogens is 3. The quantitative estimate of drug-likeness (QED) is 0.786. The summed E-state index contributed by atoms with van der Waals surface area (Å²) in [5, 5.41) is 3.21. The molecule has 0 radical (unpaired) electrons. The van der Waals surface area contributed by atoms with Crippen LogP contribution in [0.1, 0.15) is 58.6 Å². The SMILES string of the molecule is CN1CCCC(NC(=O)c2ccc(C(F)(F)F)cc2C2CC2)(c2ccccc2)C1. The molecule has 1 heterocycles. The number of hydrogen-bond acceptors (Lipinski definition) is 2. The first-order valence-corrected chi connectivity index (χ1v) is 10.1. The van der Waals surface area contributed by atoms with Crippen LogP contribution in [0.5, 0.6) is 0 Å². The summed E-state index contributed by atoms with van der Waals surface area (Å²) in [5.41, 5.74) is 0.675. The summed E-state index contributed by atoms with van der Waals surface area (Å²) < 4.78 is 39.5. The third-order valence-electron chi connectivity index (χ3n) is 6.00. The second-order valence-electron chi connectivity index (χ2n) is 8.32. The topological polar surface area (TPSA) is 32.3 Å². The average Bonchev–Trinajstić information content (AvgIpc) is 3.53. The lowest BCUT2D eigenvalue weighted by atomic mass is 9.82. The summed E-state index contributed by atoms with van der Waals surface area (Å²) in [4.78, 5) is 15.5. The second kappa shape index (κ2) is 7.48. The molecule has 3 nitrogen and oxygen atoms in total. The Bertz CT molecular complexity index is 893. The van der Waals surface area contributed by atoms with Crippen LogP contribution in [-0.2, 0) is 11.7 Å². The molecule has 1 aliphatic heterocycles. The van der Waals surface area contributed by atoms with Gasteiger partial charge in [-0.25, -0.2) is 0 Å². The normalized spacial score (nSPS) is 23.0. The van der Waals surface area contributed by atoms with Crippen molar-refractivity contribution in [1.29, 1.82) is 0 Å². The van der Waals surface area contributed by atoms with E-state index in [4.69, 9.17) is 0 Å². The van der Waals surface area contributed by atoms with E-state index in [-0.39, 0.29) is 11.8 Å². The van der Waals surface area contributed by atoms with Gasteiger partial charge in [0.15, 0.2) is 0 Å². The molecule has 6 heteroatoms. The maximum Gasteiger partial charge on any atom is 0.416 e. The van der Waals surface area contributed by atoms with Crippen molar-refractivity contribution in [3.8, 4) is 0 Å². The minimum Gasteiger partial charge on any atom is -0.341 e. The Morgan fingerprint density at radius 1 is 1.14 bits per heavy atom. The third kappa shape index (κ3) is 4.17. The van der Waals surface area contributed by atoms with Crippen LogP contribution in [0.4, 0.5) is 13.2 Å². The molecule has 1 N–H and O–H groups in total. The van der Waals surface area contributed by atoms with Crippen LogP contribution in [-0.4, -0.2) is 30.9 Å². The summed E-state index contributed by atoms with van der Waals surface area (Å²) in [6.45, 7) is 1.63. The molecule has 0 spiro atoms. The highest BCUT2D eigenvalue weighted by molar-refractivity contribution is 5.96. The summed E-state index contributed by atoms with van der Waals surface area (Å²) >= 11 is 0. The number of nitrogens with one attached hydrogen (secondary N) is 1. The second-order valence-corrected chi connectivity index (χ2v) is 8.32. The molecule has 1 aliphatic carbocycles. The van der Waals surface area contributed by atoms with Gasteiger partial charge in [0.1, 0.15) is 0 Å². The van der Waals surface area contributed by atoms with Crippen LogP contribution in [0.25, 0.3) is 0 Å². The number of piperidine rings is 1. The maximum absolute atomic E-state index is 13.3. The van der Waals surface area contributed by atoms with Gasteiger partial charge >= 0.3 is 6.18 Å². The molecule has 2 aromatic rings. The molecule has 1 amide bonds. The molecule has 29 heavy (non-hydrogen) atoms. The van der Waals surface area contributed by atoms with Crippen molar-refractivity contribution in [1.82, 2.24) is 10.2 Å². The summed E-state index contributed by atoms with van der Waals surface area (Å²) in [5.74, 6) is -0.250. The van der Waals surface area contributed by atoms with Gasteiger partial charge in [-0.3, -0.25) is 4.79 Å². The number of likely N-dealkylation sites (tertiary alicyclic amines) is 1. The number of rotatable bonds is 4. The Morgan fingerprint density at radius 2 is 1.86 bits per heavy atom. The number of amides is 1. The lowest BCUT2D eigenvalue weighted by molar-refractivity contribution is -0.137. The highest BCUT2D eigenvalue weighted by atomic mass is 19.4. The van der Waals surface area contributed by atoms with Crippen molar-refractivity contribution >= 4 is 5.91 Å². The highest BCUT2D eigenvalue weighted by Crippen LogP contribution is 2.44. The molecule has 0 aromatic heterocycles. The maximum atomic E-state index is 13.3. The van der Waals surface area contributed by atoms with Crippen molar-refractivity contribution in [3.05, 3.63) is 70.8 Å². The van der Waals surface area contributed by atoms with E-state index in [0.29, 0.717) is 17.7 Å². The number of nitrogens with zero attached hydrogens (tertiary/aromatic N) is 1. The van der Waals surface area contributed by atoms with E-state index in [2.05, 4.69) is 10.2 Å². The van der Waals surface area contributed by atoms with Gasteiger partial charge in [0.25, 0.3) is 5.91 Å². The van der Waals surface area contributed by atoms with Crippen LogP contribution in [0.3, 0.4) is 0 Å². The van der Waals surface area contributed by atoms with Crippen LogP contribution in [0.2, 0.25) is 0 Å². The molecule has 0 bridgehead atoms. The van der Waals surface area contributed by atoms with E-state index in [1.54, 1.807) is 0 Å². The number of hydrogen-bond donors (Lipinski definition) is 1. The Balaban J connectivity index is 1.68. The fourth-order valence-electron chi connectivity index (χ4n) is 4.40. The smallest absolute Gasteiger partial charge is 0.341 e. The standard InChI is InChI=1S/C23H25F3N2O/c1-28-13-5-12-22(15-28,17-6-3-2-4-7-17)27-21(29)19-11-10-18(23(24,25)26)14-20(19)16-8-9-16/h2-4,6-7,10-11,14,16H,5,8-9,12-13,15H2,1H3,(H,27,29). The van der Waals surface area contributed by atoms with E-state index in [1.807, 2.05) is 37.4 Å². The predicted molar refractivity (Wildman–Crippen MR) is 106 cm³/mol. The minimum absolute atomic E-state index is 0.0414. The molecule has 2 aliphatic rings. The number of alkyl halides is 3. The van der Waals surface area contributed by atoms with Gasteiger partial charge < -0.3 is 10.2 Å². The Labute approximate surface area is 168 Å². The zero-order valence-electron chi connectivity index (χ0n) is 16.4. The molecule has 154 valence electrons. The molecule has 1 saturated heterocycles. The van der Waals surface area contributed by atoms with E-state index in [9.17, 15) is 18.0 Å². The number of carbonyl (C=O) groups is 1. The molecule has 2 aromatic carbocycles. The van der Waals surface area contributed by atoms with Crippen molar-refractivity contribution < 1.29 is 18.0 Å².